The van der Waals surface area contributed by atoms with Crippen LogP contribution in [0.1, 0.15) is 52.4 Å². The molecule has 1 aliphatic carbocycles. The van der Waals surface area contributed by atoms with Crippen LogP contribution in [-0.2, 0) is 4.74 Å². The van der Waals surface area contributed by atoms with Crippen molar-refractivity contribution in [3.05, 3.63) is 0 Å². The highest BCUT2D eigenvalue weighted by molar-refractivity contribution is 4.98. The van der Waals surface area contributed by atoms with Gasteiger partial charge in [-0.15, -0.1) is 0 Å². The standard InChI is InChI=1S/C15H29NO/c1-13(2)7-9-17-10-8-15(11-16-12-15)14-5-3-4-6-14/h13-14,16H,3-12H2,1-2H3. The van der Waals surface area contributed by atoms with E-state index in [-0.39, 0.29) is 0 Å². The van der Waals surface area contributed by atoms with Crippen LogP contribution < -0.4 is 5.32 Å². The number of nitrogens with one attached hydrogen (secondary N) is 1. The Morgan fingerprint density at radius 2 is 1.88 bits per heavy atom. The van der Waals surface area contributed by atoms with Crippen LogP contribution in [0.3, 0.4) is 0 Å². The molecule has 0 aromatic carbocycles. The second-order valence-electron chi connectivity index (χ2n) is 6.49. The highest BCUT2D eigenvalue weighted by atomic mass is 16.5. The van der Waals surface area contributed by atoms with Gasteiger partial charge in [-0.25, -0.2) is 0 Å². The molecule has 1 aliphatic heterocycles. The molecule has 0 radical (unpaired) electrons. The van der Waals surface area contributed by atoms with Gasteiger partial charge in [0.1, 0.15) is 0 Å². The van der Waals surface area contributed by atoms with Gasteiger partial charge in [-0.3, -0.25) is 0 Å². The Morgan fingerprint density at radius 1 is 1.18 bits per heavy atom. The summed E-state index contributed by atoms with van der Waals surface area (Å²) in [5.41, 5.74) is 0.605. The van der Waals surface area contributed by atoms with E-state index in [1.165, 1.54) is 51.6 Å². The van der Waals surface area contributed by atoms with E-state index < -0.39 is 0 Å². The fourth-order valence-electron chi connectivity index (χ4n) is 3.35. The predicted molar refractivity (Wildman–Crippen MR) is 72.2 cm³/mol. The van der Waals surface area contributed by atoms with E-state index in [1.807, 2.05) is 0 Å². The fourth-order valence-corrected chi connectivity index (χ4v) is 3.35. The topological polar surface area (TPSA) is 21.3 Å². The third-order valence-electron chi connectivity index (χ3n) is 4.76. The molecule has 100 valence electrons. The second kappa shape index (κ2) is 6.19. The quantitative estimate of drug-likeness (QED) is 0.689. The largest absolute Gasteiger partial charge is 0.381 e. The maximum atomic E-state index is 5.81. The van der Waals surface area contributed by atoms with E-state index >= 15 is 0 Å². The molecule has 2 rings (SSSR count). The first kappa shape index (κ1) is 13.4. The van der Waals surface area contributed by atoms with Gasteiger partial charge in [-0.2, -0.15) is 0 Å². The highest BCUT2D eigenvalue weighted by Crippen LogP contribution is 2.44. The molecule has 1 saturated carbocycles. The van der Waals surface area contributed by atoms with Gasteiger partial charge in [0.2, 0.25) is 0 Å². The first-order valence-electron chi connectivity index (χ1n) is 7.51. The summed E-state index contributed by atoms with van der Waals surface area (Å²) in [6, 6.07) is 0. The molecule has 1 N–H and O–H groups in total. The van der Waals surface area contributed by atoms with Crippen molar-refractivity contribution in [2.24, 2.45) is 17.3 Å². The first-order chi connectivity index (χ1) is 8.23. The van der Waals surface area contributed by atoms with Crippen molar-refractivity contribution in [2.45, 2.75) is 52.4 Å². The van der Waals surface area contributed by atoms with Crippen LogP contribution in [0.15, 0.2) is 0 Å². The van der Waals surface area contributed by atoms with Crippen LogP contribution in [0.4, 0.5) is 0 Å². The molecule has 0 atom stereocenters. The first-order valence-corrected chi connectivity index (χ1v) is 7.51. The van der Waals surface area contributed by atoms with Crippen LogP contribution >= 0.6 is 0 Å². The van der Waals surface area contributed by atoms with Gasteiger partial charge in [-0.1, -0.05) is 26.7 Å². The molecular formula is C15H29NO. The molecule has 0 spiro atoms. The zero-order valence-corrected chi connectivity index (χ0v) is 11.6. The number of ether oxygens (including phenoxy) is 1. The summed E-state index contributed by atoms with van der Waals surface area (Å²) in [5.74, 6) is 1.75. The summed E-state index contributed by atoms with van der Waals surface area (Å²) in [6.45, 7) is 8.94. The molecule has 1 saturated heterocycles. The summed E-state index contributed by atoms with van der Waals surface area (Å²) in [6.07, 6.45) is 8.33. The van der Waals surface area contributed by atoms with Gasteiger partial charge in [-0.05, 0) is 37.5 Å². The smallest absolute Gasteiger partial charge is 0.0472 e. The molecule has 2 aliphatic rings. The van der Waals surface area contributed by atoms with Crippen molar-refractivity contribution in [2.75, 3.05) is 26.3 Å². The van der Waals surface area contributed by atoms with E-state index in [0.29, 0.717) is 5.41 Å². The third kappa shape index (κ3) is 3.45. The van der Waals surface area contributed by atoms with Crippen molar-refractivity contribution < 1.29 is 4.74 Å². The maximum Gasteiger partial charge on any atom is 0.0472 e. The van der Waals surface area contributed by atoms with E-state index in [1.54, 1.807) is 0 Å². The Labute approximate surface area is 107 Å². The summed E-state index contributed by atoms with van der Waals surface area (Å²) < 4.78 is 5.81. The maximum absolute atomic E-state index is 5.81. The second-order valence-corrected chi connectivity index (χ2v) is 6.49. The van der Waals surface area contributed by atoms with Gasteiger partial charge in [0.15, 0.2) is 0 Å². The van der Waals surface area contributed by atoms with Crippen LogP contribution in [0.25, 0.3) is 0 Å². The Hall–Kier alpha value is -0.0800. The van der Waals surface area contributed by atoms with Crippen molar-refractivity contribution in [1.29, 1.82) is 0 Å². The van der Waals surface area contributed by atoms with Gasteiger partial charge < -0.3 is 10.1 Å². The predicted octanol–water partition coefficient (Wildman–Crippen LogP) is 3.22. The average molecular weight is 239 g/mol. The lowest BCUT2D eigenvalue weighted by Crippen LogP contribution is -2.57. The van der Waals surface area contributed by atoms with Crippen LogP contribution in [0, 0.1) is 17.3 Å². The lowest BCUT2D eigenvalue weighted by atomic mass is 9.68. The molecule has 0 aromatic rings. The molecule has 0 amide bonds. The van der Waals surface area contributed by atoms with Crippen molar-refractivity contribution >= 4 is 0 Å². The number of hydrogen-bond donors (Lipinski definition) is 1. The molecule has 2 fully saturated rings. The summed E-state index contributed by atoms with van der Waals surface area (Å²) in [7, 11) is 0. The monoisotopic (exact) mass is 239 g/mol. The normalized spacial score (nSPS) is 24.2. The van der Waals surface area contributed by atoms with E-state index in [9.17, 15) is 0 Å². The van der Waals surface area contributed by atoms with Crippen LogP contribution in [0.5, 0.6) is 0 Å². The highest BCUT2D eigenvalue weighted by Gasteiger charge is 2.44. The molecule has 17 heavy (non-hydrogen) atoms. The van der Waals surface area contributed by atoms with Gasteiger partial charge in [0, 0.05) is 31.7 Å². The summed E-state index contributed by atoms with van der Waals surface area (Å²) in [5, 5.41) is 3.48. The minimum absolute atomic E-state index is 0.605. The van der Waals surface area contributed by atoms with Crippen molar-refractivity contribution in [3.8, 4) is 0 Å². The molecule has 1 heterocycles. The van der Waals surface area contributed by atoms with Crippen LogP contribution in [0.2, 0.25) is 0 Å². The minimum atomic E-state index is 0.605. The average Bonchev–Trinajstić information content (AvgIpc) is 2.74. The molecule has 0 bridgehead atoms. The lowest BCUT2D eigenvalue weighted by Gasteiger charge is -2.47. The third-order valence-corrected chi connectivity index (χ3v) is 4.76. The Bertz CT molecular complexity index is 217. The van der Waals surface area contributed by atoms with E-state index in [0.717, 1.165) is 25.0 Å². The minimum Gasteiger partial charge on any atom is -0.381 e. The molecular weight excluding hydrogens is 210 g/mol. The van der Waals surface area contributed by atoms with E-state index in [2.05, 4.69) is 19.2 Å². The van der Waals surface area contributed by atoms with Crippen molar-refractivity contribution in [3.63, 3.8) is 0 Å². The Morgan fingerprint density at radius 3 is 2.41 bits per heavy atom. The molecule has 2 heteroatoms. The number of hydrogen-bond acceptors (Lipinski definition) is 2. The van der Waals surface area contributed by atoms with Gasteiger partial charge in [0.25, 0.3) is 0 Å². The fraction of sp³-hybridized carbons (Fsp3) is 1.00. The van der Waals surface area contributed by atoms with E-state index in [4.69, 9.17) is 4.74 Å². The van der Waals surface area contributed by atoms with Gasteiger partial charge in [0.05, 0.1) is 0 Å². The van der Waals surface area contributed by atoms with Gasteiger partial charge >= 0.3 is 0 Å². The molecule has 2 nitrogen and oxygen atoms in total. The zero-order chi connectivity index (χ0) is 12.1. The van der Waals surface area contributed by atoms with Crippen molar-refractivity contribution in [1.82, 2.24) is 5.32 Å². The number of rotatable bonds is 7. The Kier molecular flexibility index (Phi) is 4.87. The Balaban J connectivity index is 1.65. The zero-order valence-electron chi connectivity index (χ0n) is 11.6. The summed E-state index contributed by atoms with van der Waals surface area (Å²) >= 11 is 0. The van der Waals surface area contributed by atoms with Crippen LogP contribution in [-0.4, -0.2) is 26.3 Å². The molecule has 0 unspecified atom stereocenters. The lowest BCUT2D eigenvalue weighted by molar-refractivity contribution is 0.0215. The SMILES string of the molecule is CC(C)CCOCCC1(C2CCCC2)CNC1. The summed E-state index contributed by atoms with van der Waals surface area (Å²) in [4.78, 5) is 0. The molecule has 0 aromatic heterocycles.